The first-order chi connectivity index (χ1) is 13.5. The average molecular weight is 384 g/mol. The third kappa shape index (κ3) is 3.09. The van der Waals surface area contributed by atoms with Gasteiger partial charge in [-0.3, -0.25) is 14.6 Å². The number of nitrogens with zero attached hydrogens (tertiary/aromatic N) is 3. The standard InChI is InChI=1S/C21H28N4O3/c1-20(6-7-20)4-3-18(26)25-12-15-14(17-2-5-21(15,13-25)28-17)10-24-19(27)16-11-22-8-9-23-16/h8-9,11,14-15,17H,2-7,10,12-13H2,1H3,(H,24,27)/t14-,15+,17+,21+/m0/s1. The number of likely N-dealkylation sites (tertiary alicyclic amines) is 1. The summed E-state index contributed by atoms with van der Waals surface area (Å²) in [5, 5.41) is 3.01. The molecule has 1 aromatic rings. The summed E-state index contributed by atoms with van der Waals surface area (Å²) in [6.07, 6.45) is 10.9. The first-order valence-corrected chi connectivity index (χ1v) is 10.5. The molecule has 1 aromatic heterocycles. The summed E-state index contributed by atoms with van der Waals surface area (Å²) >= 11 is 0. The maximum absolute atomic E-state index is 12.8. The maximum atomic E-state index is 12.8. The van der Waals surface area contributed by atoms with Crippen LogP contribution in [0, 0.1) is 17.3 Å². The van der Waals surface area contributed by atoms with Gasteiger partial charge in [-0.25, -0.2) is 4.98 Å². The Morgan fingerprint density at radius 2 is 2.18 bits per heavy atom. The molecule has 7 heteroatoms. The summed E-state index contributed by atoms with van der Waals surface area (Å²) in [7, 11) is 0. The van der Waals surface area contributed by atoms with Gasteiger partial charge in [0.1, 0.15) is 5.69 Å². The summed E-state index contributed by atoms with van der Waals surface area (Å²) in [4.78, 5) is 35.1. The molecule has 3 saturated heterocycles. The molecule has 7 nitrogen and oxygen atoms in total. The number of amides is 2. The average Bonchev–Trinajstić information content (AvgIpc) is 3.06. The molecule has 1 aliphatic carbocycles. The van der Waals surface area contributed by atoms with Crippen molar-refractivity contribution in [3.8, 4) is 0 Å². The number of hydrogen-bond donors (Lipinski definition) is 1. The van der Waals surface area contributed by atoms with Crippen molar-refractivity contribution in [3.63, 3.8) is 0 Å². The van der Waals surface area contributed by atoms with E-state index in [0.29, 0.717) is 30.0 Å². The topological polar surface area (TPSA) is 84.4 Å². The van der Waals surface area contributed by atoms with E-state index in [9.17, 15) is 9.59 Å². The fraction of sp³-hybridized carbons (Fsp3) is 0.714. The summed E-state index contributed by atoms with van der Waals surface area (Å²) < 4.78 is 6.40. The van der Waals surface area contributed by atoms with E-state index >= 15 is 0 Å². The van der Waals surface area contributed by atoms with Gasteiger partial charge in [-0.1, -0.05) is 6.92 Å². The second-order valence-corrected chi connectivity index (χ2v) is 9.42. The lowest BCUT2D eigenvalue weighted by atomic mass is 9.73. The molecule has 1 saturated carbocycles. The van der Waals surface area contributed by atoms with Gasteiger partial charge in [0.05, 0.1) is 24.4 Å². The Kier molecular flexibility index (Phi) is 4.19. The van der Waals surface area contributed by atoms with Crippen LogP contribution in [0.4, 0.5) is 0 Å². The van der Waals surface area contributed by atoms with E-state index in [1.54, 1.807) is 6.20 Å². The molecule has 1 spiro atoms. The van der Waals surface area contributed by atoms with Crippen LogP contribution in [0.25, 0.3) is 0 Å². The van der Waals surface area contributed by atoms with Crippen molar-refractivity contribution in [1.29, 1.82) is 0 Å². The zero-order valence-corrected chi connectivity index (χ0v) is 16.4. The van der Waals surface area contributed by atoms with Crippen molar-refractivity contribution in [2.75, 3.05) is 19.6 Å². The highest BCUT2D eigenvalue weighted by Gasteiger charge is 2.63. The molecule has 28 heavy (non-hydrogen) atoms. The van der Waals surface area contributed by atoms with Crippen LogP contribution in [0.3, 0.4) is 0 Å². The van der Waals surface area contributed by atoms with E-state index in [1.165, 1.54) is 25.2 Å². The first kappa shape index (κ1) is 18.0. The highest BCUT2D eigenvalue weighted by Crippen LogP contribution is 2.55. The van der Waals surface area contributed by atoms with E-state index < -0.39 is 0 Å². The Hall–Kier alpha value is -2.02. The quantitative estimate of drug-likeness (QED) is 0.808. The predicted molar refractivity (Wildman–Crippen MR) is 101 cm³/mol. The number of rotatable bonds is 6. The number of aromatic nitrogens is 2. The number of carbonyl (C=O) groups excluding carboxylic acids is 2. The summed E-state index contributed by atoms with van der Waals surface area (Å²) in [6.45, 7) is 4.32. The largest absolute Gasteiger partial charge is 0.369 e. The van der Waals surface area contributed by atoms with Gasteiger partial charge in [-0.2, -0.15) is 0 Å². The van der Waals surface area contributed by atoms with E-state index in [0.717, 1.165) is 32.4 Å². The second-order valence-electron chi connectivity index (χ2n) is 9.42. The lowest BCUT2D eigenvalue weighted by molar-refractivity contribution is -0.132. The number of hydrogen-bond acceptors (Lipinski definition) is 5. The van der Waals surface area contributed by atoms with Crippen LogP contribution in [0.15, 0.2) is 18.6 Å². The third-order valence-electron chi connectivity index (χ3n) is 7.48. The highest BCUT2D eigenvalue weighted by atomic mass is 16.5. The Morgan fingerprint density at radius 3 is 2.93 bits per heavy atom. The molecule has 4 atom stereocenters. The Bertz CT molecular complexity index is 781. The van der Waals surface area contributed by atoms with Gasteiger partial charge in [0, 0.05) is 43.7 Å². The SMILES string of the molecule is CC1(CCC(=O)N2C[C@@H]3[C@H](CNC(=O)c4cnccn4)[C@H]4CC[C@]3(C2)O4)CC1. The van der Waals surface area contributed by atoms with Crippen molar-refractivity contribution in [2.45, 2.75) is 57.2 Å². The molecular formula is C21H28N4O3. The molecule has 2 bridgehead atoms. The van der Waals surface area contributed by atoms with Crippen LogP contribution in [-0.4, -0.2) is 58.0 Å². The minimum Gasteiger partial charge on any atom is -0.369 e. The first-order valence-electron chi connectivity index (χ1n) is 10.5. The number of ether oxygens (including phenoxy) is 1. The molecule has 0 aromatic carbocycles. The van der Waals surface area contributed by atoms with Crippen LogP contribution in [-0.2, 0) is 9.53 Å². The molecule has 4 heterocycles. The summed E-state index contributed by atoms with van der Waals surface area (Å²) in [5.74, 6) is 0.641. The molecule has 4 fully saturated rings. The Morgan fingerprint density at radius 1 is 1.32 bits per heavy atom. The lowest BCUT2D eigenvalue weighted by Crippen LogP contribution is -2.42. The smallest absolute Gasteiger partial charge is 0.271 e. The molecule has 3 aliphatic heterocycles. The van der Waals surface area contributed by atoms with Crippen molar-refractivity contribution in [2.24, 2.45) is 17.3 Å². The van der Waals surface area contributed by atoms with Crippen LogP contribution in [0.5, 0.6) is 0 Å². The Labute approximate surface area is 165 Å². The third-order valence-corrected chi connectivity index (χ3v) is 7.48. The second kappa shape index (κ2) is 6.51. The zero-order valence-electron chi connectivity index (χ0n) is 16.4. The maximum Gasteiger partial charge on any atom is 0.271 e. The minimum absolute atomic E-state index is 0.189. The highest BCUT2D eigenvalue weighted by molar-refractivity contribution is 5.91. The Balaban J connectivity index is 1.21. The van der Waals surface area contributed by atoms with E-state index in [2.05, 4.69) is 22.2 Å². The van der Waals surface area contributed by atoms with Crippen LogP contribution in [0.1, 0.15) is 55.9 Å². The van der Waals surface area contributed by atoms with Gasteiger partial charge >= 0.3 is 0 Å². The van der Waals surface area contributed by atoms with Crippen molar-refractivity contribution < 1.29 is 14.3 Å². The fourth-order valence-corrected chi connectivity index (χ4v) is 5.40. The molecule has 1 N–H and O–H groups in total. The van der Waals surface area contributed by atoms with Gasteiger partial charge < -0.3 is 15.0 Å². The van der Waals surface area contributed by atoms with E-state index in [4.69, 9.17) is 4.74 Å². The molecule has 0 unspecified atom stereocenters. The van der Waals surface area contributed by atoms with E-state index in [1.807, 2.05) is 4.90 Å². The normalized spacial score (nSPS) is 34.3. The molecular weight excluding hydrogens is 356 g/mol. The summed E-state index contributed by atoms with van der Waals surface area (Å²) in [6, 6.07) is 0. The molecule has 0 radical (unpaired) electrons. The van der Waals surface area contributed by atoms with Crippen LogP contribution < -0.4 is 5.32 Å². The number of carbonyl (C=O) groups is 2. The number of nitrogens with one attached hydrogen (secondary N) is 1. The zero-order chi connectivity index (χ0) is 19.4. The van der Waals surface area contributed by atoms with Crippen molar-refractivity contribution in [3.05, 3.63) is 24.3 Å². The van der Waals surface area contributed by atoms with Crippen molar-refractivity contribution >= 4 is 11.8 Å². The fourth-order valence-electron chi connectivity index (χ4n) is 5.40. The predicted octanol–water partition coefficient (Wildman–Crippen LogP) is 1.79. The van der Waals surface area contributed by atoms with Gasteiger partial charge in [0.2, 0.25) is 5.91 Å². The lowest BCUT2D eigenvalue weighted by Gasteiger charge is -2.29. The molecule has 4 aliphatic rings. The molecule has 150 valence electrons. The molecule has 2 amide bonds. The van der Waals surface area contributed by atoms with Gasteiger partial charge in [0.15, 0.2) is 0 Å². The van der Waals surface area contributed by atoms with Crippen LogP contribution in [0.2, 0.25) is 0 Å². The number of fused-ring (bicyclic) bond motifs is 1. The van der Waals surface area contributed by atoms with Crippen molar-refractivity contribution in [1.82, 2.24) is 20.2 Å². The van der Waals surface area contributed by atoms with Gasteiger partial charge in [-0.15, -0.1) is 0 Å². The van der Waals surface area contributed by atoms with Crippen LogP contribution >= 0.6 is 0 Å². The monoisotopic (exact) mass is 384 g/mol. The van der Waals surface area contributed by atoms with E-state index in [-0.39, 0.29) is 29.4 Å². The van der Waals surface area contributed by atoms with Gasteiger partial charge in [-0.05, 0) is 37.5 Å². The minimum atomic E-state index is -0.200. The molecule has 5 rings (SSSR count). The summed E-state index contributed by atoms with van der Waals surface area (Å²) in [5.41, 5.74) is 0.551. The van der Waals surface area contributed by atoms with Gasteiger partial charge in [0.25, 0.3) is 5.91 Å².